The van der Waals surface area contributed by atoms with Crippen LogP contribution >= 0.6 is 11.6 Å². The Labute approximate surface area is 176 Å². The highest BCUT2D eigenvalue weighted by atomic mass is 35.5. The molecule has 2 aromatic carbocycles. The highest BCUT2D eigenvalue weighted by Crippen LogP contribution is 2.35. The minimum atomic E-state index is -1.15. The molecule has 0 aliphatic heterocycles. The van der Waals surface area contributed by atoms with E-state index in [1.165, 1.54) is 0 Å². The molecule has 0 spiro atoms. The van der Waals surface area contributed by atoms with Gasteiger partial charge in [-0.05, 0) is 42.5 Å². The molecule has 7 heteroatoms. The molecular formula is C22H20ClN3O2S. The van der Waals surface area contributed by atoms with Gasteiger partial charge in [-0.2, -0.15) is 0 Å². The second kappa shape index (κ2) is 7.97. The van der Waals surface area contributed by atoms with Crippen LogP contribution in [0.5, 0.6) is 5.75 Å². The Morgan fingerprint density at radius 2 is 1.83 bits per heavy atom. The number of benzene rings is 2. The van der Waals surface area contributed by atoms with E-state index in [2.05, 4.69) is 4.98 Å². The van der Waals surface area contributed by atoms with E-state index >= 15 is 0 Å². The lowest BCUT2D eigenvalue weighted by Gasteiger charge is -2.11. The zero-order chi connectivity index (χ0) is 20.5. The molecule has 1 atom stereocenters. The summed E-state index contributed by atoms with van der Waals surface area (Å²) >= 11 is 6.52. The zero-order valence-electron chi connectivity index (χ0n) is 16.3. The first kappa shape index (κ1) is 19.6. The van der Waals surface area contributed by atoms with E-state index in [9.17, 15) is 4.21 Å². The summed E-state index contributed by atoms with van der Waals surface area (Å²) in [6.07, 6.45) is 3.64. The fourth-order valence-corrected chi connectivity index (χ4v) is 4.55. The maximum absolute atomic E-state index is 12.5. The number of imidazole rings is 1. The highest BCUT2D eigenvalue weighted by Gasteiger charge is 2.19. The van der Waals surface area contributed by atoms with Gasteiger partial charge < -0.3 is 4.74 Å². The monoisotopic (exact) mass is 425 g/mol. The van der Waals surface area contributed by atoms with Crippen LogP contribution < -0.4 is 4.74 Å². The van der Waals surface area contributed by atoms with E-state index in [4.69, 9.17) is 21.3 Å². The molecule has 0 radical (unpaired) electrons. The number of halogens is 1. The third kappa shape index (κ3) is 3.66. The van der Waals surface area contributed by atoms with Gasteiger partial charge in [0.15, 0.2) is 0 Å². The number of hydrogen-bond donors (Lipinski definition) is 0. The second-order valence-electron chi connectivity index (χ2n) is 6.82. The normalized spacial score (nSPS) is 12.4. The maximum atomic E-state index is 12.5. The Morgan fingerprint density at radius 3 is 2.48 bits per heavy atom. The fourth-order valence-electron chi connectivity index (χ4n) is 3.18. The van der Waals surface area contributed by atoms with Crippen LogP contribution in [0.25, 0.3) is 28.3 Å². The molecule has 4 aromatic rings. The molecule has 0 fully saturated rings. The number of fused-ring (bicyclic) bond motifs is 1. The van der Waals surface area contributed by atoms with Crippen molar-refractivity contribution >= 4 is 28.2 Å². The Morgan fingerprint density at radius 1 is 1.10 bits per heavy atom. The molecule has 2 aromatic heterocycles. The van der Waals surface area contributed by atoms with Gasteiger partial charge in [0.2, 0.25) is 5.78 Å². The van der Waals surface area contributed by atoms with Crippen LogP contribution in [0.3, 0.4) is 0 Å². The predicted octanol–water partition coefficient (Wildman–Crippen LogP) is 5.24. The molecule has 5 nitrogen and oxygen atoms in total. The Balaban J connectivity index is 1.91. The smallest absolute Gasteiger partial charge is 0.234 e. The molecule has 2 heterocycles. The number of hydrogen-bond acceptors (Lipinski definition) is 4. The van der Waals surface area contributed by atoms with Gasteiger partial charge in [0.25, 0.3) is 0 Å². The lowest BCUT2D eigenvalue weighted by atomic mass is 10.0. The summed E-state index contributed by atoms with van der Waals surface area (Å²) in [6.45, 7) is 3.83. The van der Waals surface area contributed by atoms with E-state index in [0.29, 0.717) is 15.7 Å². The van der Waals surface area contributed by atoms with E-state index in [1.807, 2.05) is 73.0 Å². The average molecular weight is 426 g/mol. The van der Waals surface area contributed by atoms with Crippen LogP contribution in [-0.2, 0) is 10.8 Å². The van der Waals surface area contributed by atoms with Crippen LogP contribution in [0.2, 0.25) is 5.02 Å². The first-order valence-electron chi connectivity index (χ1n) is 9.17. The van der Waals surface area contributed by atoms with E-state index in [-0.39, 0.29) is 5.25 Å². The van der Waals surface area contributed by atoms with Crippen molar-refractivity contribution in [3.8, 4) is 28.3 Å². The van der Waals surface area contributed by atoms with Crippen molar-refractivity contribution in [2.75, 3.05) is 7.11 Å². The van der Waals surface area contributed by atoms with Gasteiger partial charge in [0.1, 0.15) is 5.75 Å². The highest BCUT2D eigenvalue weighted by molar-refractivity contribution is 7.85. The summed E-state index contributed by atoms with van der Waals surface area (Å²) in [5, 5.41) is 0.474. The standard InChI is InChI=1S/C22H20ClN3O2S/c1-14(2)29(27)19-10-7-16(13-18(19)23)21-20(15-5-8-17(28-3)9-6-15)25-22-24-11-4-12-26(21)22/h4-14H,1-3H3. The number of ether oxygens (including phenoxy) is 1. The van der Waals surface area contributed by atoms with Crippen LogP contribution in [0.15, 0.2) is 65.8 Å². The average Bonchev–Trinajstić information content (AvgIpc) is 3.12. The van der Waals surface area contributed by atoms with Crippen LogP contribution in [0, 0.1) is 0 Å². The zero-order valence-corrected chi connectivity index (χ0v) is 17.9. The topological polar surface area (TPSA) is 56.5 Å². The minimum absolute atomic E-state index is 0.00629. The summed E-state index contributed by atoms with van der Waals surface area (Å²) in [6, 6.07) is 15.2. The molecule has 29 heavy (non-hydrogen) atoms. The van der Waals surface area contributed by atoms with Gasteiger partial charge in [0.05, 0.1) is 39.2 Å². The minimum Gasteiger partial charge on any atom is -0.497 e. The molecule has 0 bridgehead atoms. The van der Waals surface area contributed by atoms with Gasteiger partial charge >= 0.3 is 0 Å². The van der Waals surface area contributed by atoms with Crippen LogP contribution in [-0.4, -0.2) is 30.9 Å². The van der Waals surface area contributed by atoms with Crippen molar-refractivity contribution in [3.05, 3.63) is 65.9 Å². The molecule has 0 amide bonds. The Hall–Kier alpha value is -2.70. The van der Waals surface area contributed by atoms with Gasteiger partial charge in [0, 0.05) is 28.8 Å². The molecule has 4 rings (SSSR count). The third-order valence-corrected chi connectivity index (χ3v) is 6.69. The maximum Gasteiger partial charge on any atom is 0.234 e. The summed E-state index contributed by atoms with van der Waals surface area (Å²) in [7, 11) is 0.484. The van der Waals surface area contributed by atoms with E-state index in [0.717, 1.165) is 28.3 Å². The second-order valence-corrected chi connectivity index (χ2v) is 9.20. The van der Waals surface area contributed by atoms with Crippen molar-refractivity contribution in [3.63, 3.8) is 0 Å². The largest absolute Gasteiger partial charge is 0.497 e. The summed E-state index contributed by atoms with van der Waals surface area (Å²) in [5.74, 6) is 1.38. The van der Waals surface area contributed by atoms with Crippen LogP contribution in [0.4, 0.5) is 0 Å². The lowest BCUT2D eigenvalue weighted by molar-refractivity contribution is 0.415. The number of aromatic nitrogens is 3. The van der Waals surface area contributed by atoms with E-state index in [1.54, 1.807) is 13.3 Å². The van der Waals surface area contributed by atoms with Gasteiger partial charge in [-0.15, -0.1) is 0 Å². The predicted molar refractivity (Wildman–Crippen MR) is 117 cm³/mol. The Kier molecular flexibility index (Phi) is 5.39. The molecule has 0 N–H and O–H groups in total. The fraction of sp³-hybridized carbons (Fsp3) is 0.182. The number of methoxy groups -OCH3 is 1. The number of rotatable bonds is 5. The Bertz CT molecular complexity index is 1200. The molecule has 0 aliphatic carbocycles. The molecule has 148 valence electrons. The van der Waals surface area contributed by atoms with Crippen molar-refractivity contribution in [1.82, 2.24) is 14.4 Å². The van der Waals surface area contributed by atoms with Crippen molar-refractivity contribution in [1.29, 1.82) is 0 Å². The van der Waals surface area contributed by atoms with Gasteiger partial charge in [-0.25, -0.2) is 9.97 Å². The summed E-state index contributed by atoms with van der Waals surface area (Å²) in [4.78, 5) is 9.76. The SMILES string of the molecule is COc1ccc(-c2nc3ncccn3c2-c2ccc(S(=O)C(C)C)c(Cl)c2)cc1. The molecule has 0 saturated heterocycles. The first-order valence-corrected chi connectivity index (χ1v) is 10.8. The number of nitrogens with zero attached hydrogens (tertiary/aromatic N) is 3. The third-order valence-electron chi connectivity index (χ3n) is 4.62. The quantitative estimate of drug-likeness (QED) is 0.438. The molecule has 1 unspecified atom stereocenters. The first-order chi connectivity index (χ1) is 14.0. The van der Waals surface area contributed by atoms with Crippen molar-refractivity contribution in [2.45, 2.75) is 24.0 Å². The van der Waals surface area contributed by atoms with Gasteiger partial charge in [-0.3, -0.25) is 8.61 Å². The van der Waals surface area contributed by atoms with Crippen molar-refractivity contribution in [2.24, 2.45) is 0 Å². The molecular weight excluding hydrogens is 406 g/mol. The summed E-state index contributed by atoms with van der Waals surface area (Å²) in [5.41, 5.74) is 3.49. The summed E-state index contributed by atoms with van der Waals surface area (Å²) < 4.78 is 19.7. The van der Waals surface area contributed by atoms with E-state index < -0.39 is 10.8 Å². The van der Waals surface area contributed by atoms with Crippen molar-refractivity contribution < 1.29 is 8.95 Å². The lowest BCUT2D eigenvalue weighted by Crippen LogP contribution is -2.06. The molecule has 0 saturated carbocycles. The van der Waals surface area contributed by atoms with Gasteiger partial charge in [-0.1, -0.05) is 31.5 Å². The van der Waals surface area contributed by atoms with Crippen LogP contribution in [0.1, 0.15) is 13.8 Å². The molecule has 0 aliphatic rings.